The first-order valence-electron chi connectivity index (χ1n) is 8.93. The smallest absolute Gasteiger partial charge is 0.283 e. The minimum absolute atomic E-state index is 0.109. The molecule has 1 amide bonds. The first kappa shape index (κ1) is 19.1. The van der Waals surface area contributed by atoms with Crippen molar-refractivity contribution in [3.63, 3.8) is 0 Å². The molecule has 1 aliphatic heterocycles. The molecule has 0 aromatic heterocycles. The number of sulfonamides is 1. The van der Waals surface area contributed by atoms with E-state index in [1.807, 2.05) is 42.3 Å². The Balaban J connectivity index is 1.60. The number of nitrogens with zero attached hydrogens (tertiary/aromatic N) is 2. The van der Waals surface area contributed by atoms with Crippen LogP contribution >= 0.6 is 0 Å². The van der Waals surface area contributed by atoms with E-state index in [1.165, 1.54) is 12.1 Å². The van der Waals surface area contributed by atoms with Gasteiger partial charge in [0.2, 0.25) is 5.91 Å². The number of amidine groups is 1. The molecular formula is C20H23N3O3S. The summed E-state index contributed by atoms with van der Waals surface area (Å²) >= 11 is 0. The highest BCUT2D eigenvalue weighted by Gasteiger charge is 2.20. The lowest BCUT2D eigenvalue weighted by Crippen LogP contribution is -2.20. The number of rotatable bonds is 6. The van der Waals surface area contributed by atoms with Crippen LogP contribution in [0.15, 0.2) is 63.9 Å². The van der Waals surface area contributed by atoms with Crippen molar-refractivity contribution in [1.82, 2.24) is 4.90 Å². The molecule has 142 valence electrons. The number of benzene rings is 2. The van der Waals surface area contributed by atoms with Crippen LogP contribution in [-0.4, -0.2) is 38.7 Å². The lowest BCUT2D eigenvalue weighted by Gasteiger charge is -2.11. The second-order valence-corrected chi connectivity index (χ2v) is 8.17. The molecule has 6 nitrogen and oxygen atoms in total. The van der Waals surface area contributed by atoms with E-state index >= 15 is 0 Å². The monoisotopic (exact) mass is 385 g/mol. The van der Waals surface area contributed by atoms with Crippen LogP contribution in [0.3, 0.4) is 0 Å². The minimum atomic E-state index is -3.73. The van der Waals surface area contributed by atoms with Crippen LogP contribution in [0.25, 0.3) is 0 Å². The first-order valence-corrected chi connectivity index (χ1v) is 10.4. The first-order chi connectivity index (χ1) is 12.9. The predicted molar refractivity (Wildman–Crippen MR) is 106 cm³/mol. The molecule has 0 spiro atoms. The molecule has 1 N–H and O–H groups in total. The summed E-state index contributed by atoms with van der Waals surface area (Å²) in [5.74, 6) is 0.482. The van der Waals surface area contributed by atoms with E-state index in [0.717, 1.165) is 18.5 Å². The molecule has 2 aromatic rings. The van der Waals surface area contributed by atoms with Crippen LogP contribution in [0, 0.1) is 0 Å². The topological polar surface area (TPSA) is 78.8 Å². The number of carbonyl (C=O) groups excluding carboxylic acids is 1. The number of aryl methyl sites for hydroxylation is 1. The summed E-state index contributed by atoms with van der Waals surface area (Å²) in [5, 5.41) is 2.79. The maximum atomic E-state index is 12.4. The summed E-state index contributed by atoms with van der Waals surface area (Å²) in [5.41, 5.74) is 1.67. The van der Waals surface area contributed by atoms with Gasteiger partial charge in [-0.05, 0) is 42.7 Å². The van der Waals surface area contributed by atoms with Crippen molar-refractivity contribution in [3.05, 3.63) is 60.2 Å². The van der Waals surface area contributed by atoms with Crippen molar-refractivity contribution < 1.29 is 13.2 Å². The van der Waals surface area contributed by atoms with Gasteiger partial charge in [0.05, 0.1) is 4.90 Å². The van der Waals surface area contributed by atoms with Crippen molar-refractivity contribution in [1.29, 1.82) is 0 Å². The lowest BCUT2D eigenvalue weighted by atomic mass is 10.1. The summed E-state index contributed by atoms with van der Waals surface area (Å²) in [4.78, 5) is 14.1. The van der Waals surface area contributed by atoms with Crippen molar-refractivity contribution in [2.24, 2.45) is 4.40 Å². The Morgan fingerprint density at radius 2 is 1.81 bits per heavy atom. The van der Waals surface area contributed by atoms with Crippen molar-refractivity contribution >= 4 is 27.5 Å². The van der Waals surface area contributed by atoms with Crippen LogP contribution in [-0.2, 0) is 21.2 Å². The fourth-order valence-corrected chi connectivity index (χ4v) is 4.03. The van der Waals surface area contributed by atoms with Gasteiger partial charge in [-0.1, -0.05) is 30.3 Å². The molecule has 2 aromatic carbocycles. The fourth-order valence-electron chi connectivity index (χ4n) is 2.94. The number of hydrogen-bond acceptors (Lipinski definition) is 3. The molecule has 3 rings (SSSR count). The van der Waals surface area contributed by atoms with Gasteiger partial charge in [-0.2, -0.15) is 8.42 Å². The van der Waals surface area contributed by atoms with Crippen molar-refractivity contribution in [2.45, 2.75) is 30.6 Å². The summed E-state index contributed by atoms with van der Waals surface area (Å²) in [6.45, 7) is 0.822. The number of nitrogens with one attached hydrogen (secondary N) is 1. The quantitative estimate of drug-likeness (QED) is 0.829. The van der Waals surface area contributed by atoms with Gasteiger partial charge in [-0.25, -0.2) is 0 Å². The summed E-state index contributed by atoms with van der Waals surface area (Å²) < 4.78 is 28.8. The number of amides is 1. The minimum Gasteiger partial charge on any atom is -0.362 e. The van der Waals surface area contributed by atoms with E-state index in [1.54, 1.807) is 12.1 Å². The standard InChI is InChI=1S/C20H23N3O3S/c1-23-15-5-8-19(23)22-27(25,26)18-12-10-17(11-13-18)21-20(24)14-9-16-6-3-2-4-7-16/h2-4,6-7,10-13H,5,8-9,14-15H2,1H3,(H,21,24)/b22-19+. The molecule has 1 aliphatic rings. The second-order valence-electron chi connectivity index (χ2n) is 6.57. The van der Waals surface area contributed by atoms with Crippen LogP contribution in [0.4, 0.5) is 5.69 Å². The van der Waals surface area contributed by atoms with E-state index < -0.39 is 10.0 Å². The zero-order valence-corrected chi connectivity index (χ0v) is 16.1. The number of anilines is 1. The number of carbonyl (C=O) groups is 1. The largest absolute Gasteiger partial charge is 0.362 e. The Hall–Kier alpha value is -2.67. The fraction of sp³-hybridized carbons (Fsp3) is 0.300. The SMILES string of the molecule is CN1CCC/C1=N\S(=O)(=O)c1ccc(NC(=O)CCc2ccccc2)cc1. The zero-order chi connectivity index (χ0) is 19.3. The Morgan fingerprint density at radius 3 is 2.44 bits per heavy atom. The average molecular weight is 385 g/mol. The average Bonchev–Trinajstić information content (AvgIpc) is 3.05. The molecule has 0 saturated carbocycles. The van der Waals surface area contributed by atoms with Gasteiger partial charge in [-0.3, -0.25) is 4.79 Å². The maximum Gasteiger partial charge on any atom is 0.283 e. The lowest BCUT2D eigenvalue weighted by molar-refractivity contribution is -0.116. The van der Waals surface area contributed by atoms with Crippen molar-refractivity contribution in [3.8, 4) is 0 Å². The van der Waals surface area contributed by atoms with Crippen LogP contribution in [0.5, 0.6) is 0 Å². The molecule has 0 aliphatic carbocycles. The van der Waals surface area contributed by atoms with Gasteiger partial charge >= 0.3 is 0 Å². The second kappa shape index (κ2) is 8.35. The Bertz CT molecular complexity index is 923. The molecule has 0 radical (unpaired) electrons. The molecule has 0 unspecified atom stereocenters. The van der Waals surface area contributed by atoms with Gasteiger partial charge in [0.15, 0.2) is 0 Å². The van der Waals surface area contributed by atoms with Crippen LogP contribution in [0.2, 0.25) is 0 Å². The number of likely N-dealkylation sites (tertiary alicyclic amines) is 1. The van der Waals surface area contributed by atoms with Gasteiger partial charge in [0.25, 0.3) is 10.0 Å². The van der Waals surface area contributed by atoms with E-state index in [2.05, 4.69) is 9.71 Å². The zero-order valence-electron chi connectivity index (χ0n) is 15.3. The molecule has 0 atom stereocenters. The Kier molecular flexibility index (Phi) is 5.91. The van der Waals surface area contributed by atoms with Gasteiger partial charge < -0.3 is 10.2 Å². The third kappa shape index (κ3) is 5.17. The van der Waals surface area contributed by atoms with Gasteiger partial charge in [-0.15, -0.1) is 4.40 Å². The normalized spacial score (nSPS) is 15.9. The maximum absolute atomic E-state index is 12.4. The predicted octanol–water partition coefficient (Wildman–Crippen LogP) is 3.07. The van der Waals surface area contributed by atoms with E-state index in [4.69, 9.17) is 0 Å². The summed E-state index contributed by atoms with van der Waals surface area (Å²) in [6, 6.07) is 15.9. The summed E-state index contributed by atoms with van der Waals surface area (Å²) in [7, 11) is -1.89. The third-order valence-corrected chi connectivity index (χ3v) is 5.80. The molecule has 1 heterocycles. The molecular weight excluding hydrogens is 362 g/mol. The van der Waals surface area contributed by atoms with E-state index in [-0.39, 0.29) is 10.8 Å². The highest BCUT2D eigenvalue weighted by Crippen LogP contribution is 2.19. The van der Waals surface area contributed by atoms with Crippen LogP contribution in [0.1, 0.15) is 24.8 Å². The van der Waals surface area contributed by atoms with Crippen molar-refractivity contribution in [2.75, 3.05) is 18.9 Å². The van der Waals surface area contributed by atoms with Gasteiger partial charge in [0, 0.05) is 32.1 Å². The number of hydrogen-bond donors (Lipinski definition) is 1. The molecule has 27 heavy (non-hydrogen) atoms. The highest BCUT2D eigenvalue weighted by molar-refractivity contribution is 7.90. The Labute approximate surface area is 160 Å². The molecule has 7 heteroatoms. The summed E-state index contributed by atoms with van der Waals surface area (Å²) in [6.07, 6.45) is 2.61. The molecule has 1 fully saturated rings. The van der Waals surface area contributed by atoms with Crippen LogP contribution < -0.4 is 5.32 Å². The van der Waals surface area contributed by atoms with E-state index in [9.17, 15) is 13.2 Å². The molecule has 0 bridgehead atoms. The third-order valence-electron chi connectivity index (χ3n) is 4.48. The van der Waals surface area contributed by atoms with E-state index in [0.29, 0.717) is 30.8 Å². The highest BCUT2D eigenvalue weighted by atomic mass is 32.2. The van der Waals surface area contributed by atoms with Gasteiger partial charge in [0.1, 0.15) is 5.84 Å². The Morgan fingerprint density at radius 1 is 1.11 bits per heavy atom. The molecule has 1 saturated heterocycles.